The predicted octanol–water partition coefficient (Wildman–Crippen LogP) is 2.16. The highest BCUT2D eigenvalue weighted by molar-refractivity contribution is 7.08. The van der Waals surface area contributed by atoms with Crippen LogP contribution in [0.4, 0.5) is 5.69 Å². The molecule has 0 saturated carbocycles. The van der Waals surface area contributed by atoms with Gasteiger partial charge in [0.2, 0.25) is 5.91 Å². The van der Waals surface area contributed by atoms with Crippen molar-refractivity contribution in [3.8, 4) is 0 Å². The first-order chi connectivity index (χ1) is 11.2. The molecule has 1 aromatic carbocycles. The fourth-order valence-corrected chi connectivity index (χ4v) is 3.30. The van der Waals surface area contributed by atoms with Crippen molar-refractivity contribution in [1.82, 2.24) is 14.9 Å². The molecule has 0 atom stereocenters. The Labute approximate surface area is 138 Å². The Balaban J connectivity index is 1.67. The minimum absolute atomic E-state index is 0.153. The van der Waals surface area contributed by atoms with Crippen molar-refractivity contribution in [2.45, 2.75) is 32.7 Å². The molecular formula is C16H18N4O2S. The van der Waals surface area contributed by atoms with Crippen LogP contribution in [0.5, 0.6) is 0 Å². The molecule has 1 saturated heterocycles. The van der Waals surface area contributed by atoms with E-state index in [0.29, 0.717) is 24.3 Å². The number of carbonyl (C=O) groups excluding carboxylic acids is 2. The molecule has 0 unspecified atom stereocenters. The number of amides is 2. The molecule has 1 fully saturated rings. The lowest BCUT2D eigenvalue weighted by Gasteiger charge is -2.16. The van der Waals surface area contributed by atoms with Crippen LogP contribution in [0.1, 0.15) is 40.7 Å². The van der Waals surface area contributed by atoms with Gasteiger partial charge in [0, 0.05) is 25.2 Å². The minimum atomic E-state index is -0.153. The maximum Gasteiger partial charge on any atom is 0.265 e. The second-order valence-corrected chi connectivity index (χ2v) is 6.16. The zero-order chi connectivity index (χ0) is 16.2. The van der Waals surface area contributed by atoms with Crippen LogP contribution in [-0.4, -0.2) is 27.9 Å². The van der Waals surface area contributed by atoms with Gasteiger partial charge in [-0.1, -0.05) is 23.5 Å². The van der Waals surface area contributed by atoms with Crippen LogP contribution in [-0.2, 0) is 17.8 Å². The van der Waals surface area contributed by atoms with E-state index in [9.17, 15) is 9.59 Å². The highest BCUT2D eigenvalue weighted by Gasteiger charge is 2.21. The first-order valence-electron chi connectivity index (χ1n) is 7.67. The van der Waals surface area contributed by atoms with Crippen LogP contribution in [0.3, 0.4) is 0 Å². The smallest absolute Gasteiger partial charge is 0.265 e. The third kappa shape index (κ3) is 3.39. The molecule has 0 bridgehead atoms. The van der Waals surface area contributed by atoms with Crippen molar-refractivity contribution in [1.29, 1.82) is 0 Å². The summed E-state index contributed by atoms with van der Waals surface area (Å²) in [5.74, 6) is 0.00834. The molecule has 23 heavy (non-hydrogen) atoms. The molecule has 2 heterocycles. The Morgan fingerprint density at radius 1 is 1.43 bits per heavy atom. The van der Waals surface area contributed by atoms with E-state index in [0.717, 1.165) is 41.4 Å². The SMILES string of the molecule is CCc1nnsc1C(=O)NCc1cccc(N2CCCC2=O)c1. The highest BCUT2D eigenvalue weighted by atomic mass is 32.1. The zero-order valence-corrected chi connectivity index (χ0v) is 13.7. The van der Waals surface area contributed by atoms with Crippen molar-refractivity contribution >= 4 is 29.0 Å². The number of carbonyl (C=O) groups is 2. The molecule has 0 spiro atoms. The largest absolute Gasteiger partial charge is 0.347 e. The van der Waals surface area contributed by atoms with E-state index in [1.807, 2.05) is 31.2 Å². The van der Waals surface area contributed by atoms with Crippen LogP contribution in [0.2, 0.25) is 0 Å². The van der Waals surface area contributed by atoms with E-state index in [4.69, 9.17) is 0 Å². The van der Waals surface area contributed by atoms with Crippen molar-refractivity contribution in [3.05, 3.63) is 40.4 Å². The summed E-state index contributed by atoms with van der Waals surface area (Å²) in [6.45, 7) is 3.13. The quantitative estimate of drug-likeness (QED) is 0.911. The zero-order valence-electron chi connectivity index (χ0n) is 12.9. The molecule has 120 valence electrons. The normalized spacial score (nSPS) is 14.3. The molecule has 0 aliphatic carbocycles. The number of nitrogens with one attached hydrogen (secondary N) is 1. The topological polar surface area (TPSA) is 75.2 Å². The Morgan fingerprint density at radius 3 is 3.04 bits per heavy atom. The standard InChI is InChI=1S/C16H18N4O2S/c1-2-13-15(23-19-18-13)16(22)17-10-11-5-3-6-12(9-11)20-8-4-7-14(20)21/h3,5-6,9H,2,4,7-8,10H2,1H3,(H,17,22). The lowest BCUT2D eigenvalue weighted by atomic mass is 10.2. The summed E-state index contributed by atoms with van der Waals surface area (Å²) in [6, 6.07) is 7.73. The van der Waals surface area contributed by atoms with Gasteiger partial charge < -0.3 is 10.2 Å². The van der Waals surface area contributed by atoms with E-state index in [1.165, 1.54) is 0 Å². The number of aryl methyl sites for hydroxylation is 1. The fourth-order valence-electron chi connectivity index (χ4n) is 2.63. The lowest BCUT2D eigenvalue weighted by Crippen LogP contribution is -2.25. The van der Waals surface area contributed by atoms with E-state index >= 15 is 0 Å². The van der Waals surface area contributed by atoms with Crippen molar-refractivity contribution in [2.24, 2.45) is 0 Å². The predicted molar refractivity (Wildman–Crippen MR) is 88.5 cm³/mol. The molecular weight excluding hydrogens is 312 g/mol. The van der Waals surface area contributed by atoms with Gasteiger partial charge in [-0.15, -0.1) is 5.10 Å². The summed E-state index contributed by atoms with van der Waals surface area (Å²) in [7, 11) is 0. The second kappa shape index (κ2) is 6.87. The van der Waals surface area contributed by atoms with Crippen molar-refractivity contribution < 1.29 is 9.59 Å². The van der Waals surface area contributed by atoms with E-state index in [2.05, 4.69) is 14.9 Å². The van der Waals surface area contributed by atoms with Crippen molar-refractivity contribution in [3.63, 3.8) is 0 Å². The van der Waals surface area contributed by atoms with Crippen molar-refractivity contribution in [2.75, 3.05) is 11.4 Å². The Hall–Kier alpha value is -2.28. The van der Waals surface area contributed by atoms with Crippen LogP contribution in [0.25, 0.3) is 0 Å². The van der Waals surface area contributed by atoms with Crippen LogP contribution >= 0.6 is 11.5 Å². The van der Waals surface area contributed by atoms with Gasteiger partial charge in [0.15, 0.2) is 0 Å². The third-order valence-electron chi connectivity index (χ3n) is 3.85. The van der Waals surface area contributed by atoms with Gasteiger partial charge in [0.05, 0.1) is 5.69 Å². The fraction of sp³-hybridized carbons (Fsp3) is 0.375. The number of aromatic nitrogens is 2. The van der Waals surface area contributed by atoms with E-state index in [1.54, 1.807) is 4.90 Å². The molecule has 1 N–H and O–H groups in total. The number of hydrogen-bond donors (Lipinski definition) is 1. The van der Waals surface area contributed by atoms with Gasteiger partial charge in [-0.25, -0.2) is 0 Å². The summed E-state index contributed by atoms with van der Waals surface area (Å²) < 4.78 is 3.83. The summed E-state index contributed by atoms with van der Waals surface area (Å²) in [6.07, 6.45) is 2.20. The van der Waals surface area contributed by atoms with Crippen LogP contribution in [0.15, 0.2) is 24.3 Å². The van der Waals surface area contributed by atoms with Gasteiger partial charge in [0.1, 0.15) is 4.88 Å². The van der Waals surface area contributed by atoms with Gasteiger partial charge in [-0.3, -0.25) is 9.59 Å². The average Bonchev–Trinajstić information content (AvgIpc) is 3.21. The van der Waals surface area contributed by atoms with Gasteiger partial charge in [0.25, 0.3) is 5.91 Å². The minimum Gasteiger partial charge on any atom is -0.347 e. The van der Waals surface area contributed by atoms with E-state index in [-0.39, 0.29) is 11.8 Å². The number of benzene rings is 1. The molecule has 6 nitrogen and oxygen atoms in total. The number of nitrogens with zero attached hydrogens (tertiary/aromatic N) is 3. The number of anilines is 1. The first-order valence-corrected chi connectivity index (χ1v) is 8.45. The Kier molecular flexibility index (Phi) is 4.66. The van der Waals surface area contributed by atoms with E-state index < -0.39 is 0 Å². The lowest BCUT2D eigenvalue weighted by molar-refractivity contribution is -0.117. The first kappa shape index (κ1) is 15.6. The molecule has 3 rings (SSSR count). The van der Waals surface area contributed by atoms with Gasteiger partial charge in [-0.2, -0.15) is 0 Å². The maximum atomic E-state index is 12.2. The average molecular weight is 330 g/mol. The molecule has 2 amide bonds. The van der Waals surface area contributed by atoms with Crippen LogP contribution in [0, 0.1) is 0 Å². The summed E-state index contributed by atoms with van der Waals surface area (Å²) in [5.41, 5.74) is 2.59. The van der Waals surface area contributed by atoms with Gasteiger partial charge in [-0.05, 0) is 42.1 Å². The molecule has 1 aromatic heterocycles. The number of hydrogen-bond acceptors (Lipinski definition) is 5. The summed E-state index contributed by atoms with van der Waals surface area (Å²) in [5, 5.41) is 6.84. The molecule has 2 aromatic rings. The summed E-state index contributed by atoms with van der Waals surface area (Å²) in [4.78, 5) is 26.4. The molecule has 1 aliphatic heterocycles. The maximum absolute atomic E-state index is 12.2. The Morgan fingerprint density at radius 2 is 2.30 bits per heavy atom. The third-order valence-corrected chi connectivity index (χ3v) is 4.61. The second-order valence-electron chi connectivity index (χ2n) is 5.40. The number of rotatable bonds is 5. The molecule has 7 heteroatoms. The summed E-state index contributed by atoms with van der Waals surface area (Å²) >= 11 is 1.12. The highest BCUT2D eigenvalue weighted by Crippen LogP contribution is 2.22. The monoisotopic (exact) mass is 330 g/mol. The van der Waals surface area contributed by atoms with Crippen LogP contribution < -0.4 is 10.2 Å². The van der Waals surface area contributed by atoms with Gasteiger partial charge >= 0.3 is 0 Å². The molecule has 0 radical (unpaired) electrons. The molecule has 1 aliphatic rings. The Bertz CT molecular complexity index is 728.